The van der Waals surface area contributed by atoms with Crippen LogP contribution in [0.4, 0.5) is 0 Å². The average molecular weight is 426 g/mol. The Bertz CT molecular complexity index is 645. The Morgan fingerprint density at radius 3 is 2.66 bits per heavy atom. The van der Waals surface area contributed by atoms with Crippen LogP contribution < -0.4 is 10.6 Å². The fourth-order valence-corrected chi connectivity index (χ4v) is 8.00. The van der Waals surface area contributed by atoms with Crippen LogP contribution in [-0.2, 0) is 14.4 Å². The molecule has 8 heteroatoms. The topological polar surface area (TPSA) is 98.7 Å². The summed E-state index contributed by atoms with van der Waals surface area (Å²) in [7, 11) is 1.62. The summed E-state index contributed by atoms with van der Waals surface area (Å²) in [5.74, 6) is -0.782. The Morgan fingerprint density at radius 2 is 2.00 bits per heavy atom. The number of nitrogens with zero attached hydrogens (tertiary/aromatic N) is 1. The molecule has 0 aliphatic carbocycles. The lowest BCUT2D eigenvalue weighted by molar-refractivity contribution is -0.140. The largest absolute Gasteiger partial charge is 0.396 e. The van der Waals surface area contributed by atoms with Gasteiger partial charge in [0.25, 0.3) is 0 Å². The summed E-state index contributed by atoms with van der Waals surface area (Å²) in [5.41, 5.74) is 0. The monoisotopic (exact) mass is 425 g/mol. The lowest BCUT2D eigenvalue weighted by Crippen LogP contribution is -2.56. The number of carbonyl (C=O) groups excluding carboxylic acids is 3. The molecule has 29 heavy (non-hydrogen) atoms. The van der Waals surface area contributed by atoms with Gasteiger partial charge in [-0.05, 0) is 38.0 Å². The van der Waals surface area contributed by atoms with Gasteiger partial charge in [0, 0.05) is 32.0 Å². The first kappa shape index (κ1) is 22.4. The van der Waals surface area contributed by atoms with Gasteiger partial charge in [-0.25, -0.2) is 0 Å². The Hall–Kier alpha value is -1.28. The fraction of sp³-hybridized carbons (Fsp3) is 0.857. The van der Waals surface area contributed by atoms with E-state index in [-0.39, 0.29) is 41.4 Å². The molecule has 3 amide bonds. The van der Waals surface area contributed by atoms with E-state index in [0.29, 0.717) is 19.5 Å². The molecule has 3 fully saturated rings. The third-order valence-electron chi connectivity index (χ3n) is 6.93. The molecule has 3 heterocycles. The summed E-state index contributed by atoms with van der Waals surface area (Å²) in [4.78, 5) is 41.3. The molecule has 0 saturated carbocycles. The van der Waals surface area contributed by atoms with Gasteiger partial charge in [0.1, 0.15) is 6.04 Å². The molecule has 3 unspecified atom stereocenters. The second kappa shape index (κ2) is 9.25. The van der Waals surface area contributed by atoms with Gasteiger partial charge in [-0.1, -0.05) is 20.3 Å². The first-order valence-corrected chi connectivity index (χ1v) is 11.9. The number of rotatable bonds is 10. The molecule has 0 aromatic rings. The molecule has 164 valence electrons. The first-order chi connectivity index (χ1) is 13.9. The minimum atomic E-state index is -0.523. The van der Waals surface area contributed by atoms with Crippen LogP contribution in [-0.4, -0.2) is 70.5 Å². The summed E-state index contributed by atoms with van der Waals surface area (Å²) >= 11 is 1.71. The van der Waals surface area contributed by atoms with Crippen molar-refractivity contribution in [3.05, 3.63) is 0 Å². The van der Waals surface area contributed by atoms with E-state index < -0.39 is 16.7 Å². The molecule has 1 spiro atoms. The minimum absolute atomic E-state index is 0.0419. The molecule has 3 N–H and O–H groups in total. The van der Waals surface area contributed by atoms with Crippen LogP contribution in [0, 0.1) is 17.8 Å². The molecule has 2 bridgehead atoms. The zero-order valence-corrected chi connectivity index (χ0v) is 18.6. The van der Waals surface area contributed by atoms with E-state index in [2.05, 4.69) is 24.5 Å². The Balaban J connectivity index is 1.91. The van der Waals surface area contributed by atoms with Gasteiger partial charge in [-0.3, -0.25) is 14.4 Å². The van der Waals surface area contributed by atoms with Crippen LogP contribution >= 0.6 is 11.8 Å². The van der Waals surface area contributed by atoms with Crippen molar-refractivity contribution in [3.8, 4) is 0 Å². The molecular formula is C21H35N3O4S. The maximum Gasteiger partial charge on any atom is 0.244 e. The maximum absolute atomic E-state index is 13.6. The first-order valence-electron chi connectivity index (χ1n) is 11.0. The highest BCUT2D eigenvalue weighted by Crippen LogP contribution is 2.68. The van der Waals surface area contributed by atoms with Crippen molar-refractivity contribution in [1.82, 2.24) is 15.5 Å². The number of aliphatic hydroxyl groups excluding tert-OH is 1. The highest BCUT2D eigenvalue weighted by atomic mass is 32.2. The maximum atomic E-state index is 13.6. The van der Waals surface area contributed by atoms with E-state index in [0.717, 1.165) is 32.1 Å². The minimum Gasteiger partial charge on any atom is -0.396 e. The lowest BCUT2D eigenvalue weighted by atomic mass is 9.66. The van der Waals surface area contributed by atoms with Crippen molar-refractivity contribution >= 4 is 29.5 Å². The SMILES string of the molecule is CCCCNC(=O)C1N(CCCCCO)C(=O)[C@@H]2[C@H](C(=O)NC)[C@@H]3CC(C)C12S3. The van der Waals surface area contributed by atoms with Crippen molar-refractivity contribution in [2.45, 2.75) is 68.4 Å². The lowest BCUT2D eigenvalue weighted by Gasteiger charge is -2.38. The third-order valence-corrected chi connectivity index (χ3v) is 9.01. The van der Waals surface area contributed by atoms with Gasteiger partial charge in [0.15, 0.2) is 0 Å². The standard InChI is InChI=1S/C21H35N3O4S/c1-4-5-9-23-19(27)17-21-13(2)12-14(29-21)15(18(26)22-3)16(21)20(28)24(17)10-7-6-8-11-25/h13-17,25H,4-12H2,1-3H3,(H,22,26)(H,23,27)/t13?,14-,15+,16-,17?,21?/m0/s1. The van der Waals surface area contributed by atoms with E-state index in [1.165, 1.54) is 0 Å². The number of aliphatic hydroxyl groups is 1. The zero-order chi connectivity index (χ0) is 21.2. The molecule has 6 atom stereocenters. The number of hydrogen-bond acceptors (Lipinski definition) is 5. The number of hydrogen-bond donors (Lipinski definition) is 3. The molecule has 0 aromatic carbocycles. The van der Waals surface area contributed by atoms with Gasteiger partial charge in [-0.15, -0.1) is 11.8 Å². The summed E-state index contributed by atoms with van der Waals surface area (Å²) in [6.07, 6.45) is 5.02. The Labute approximate surface area is 177 Å². The summed E-state index contributed by atoms with van der Waals surface area (Å²) < 4.78 is -0.522. The van der Waals surface area contributed by atoms with Crippen molar-refractivity contribution in [1.29, 1.82) is 0 Å². The van der Waals surface area contributed by atoms with E-state index in [4.69, 9.17) is 5.11 Å². The van der Waals surface area contributed by atoms with Crippen molar-refractivity contribution in [2.24, 2.45) is 17.8 Å². The van der Waals surface area contributed by atoms with E-state index in [1.54, 1.807) is 23.7 Å². The normalized spacial score (nSPS) is 35.1. The highest BCUT2D eigenvalue weighted by Gasteiger charge is 2.75. The second-order valence-corrected chi connectivity index (χ2v) is 10.2. The fourth-order valence-electron chi connectivity index (χ4n) is 5.58. The van der Waals surface area contributed by atoms with E-state index in [1.807, 2.05) is 0 Å². The molecule has 0 aromatic heterocycles. The van der Waals surface area contributed by atoms with E-state index >= 15 is 0 Å². The molecule has 3 rings (SSSR count). The van der Waals surface area contributed by atoms with Gasteiger partial charge in [-0.2, -0.15) is 0 Å². The zero-order valence-electron chi connectivity index (χ0n) is 17.8. The van der Waals surface area contributed by atoms with Gasteiger partial charge in [0.05, 0.1) is 16.6 Å². The van der Waals surface area contributed by atoms with Crippen LogP contribution in [0.15, 0.2) is 0 Å². The van der Waals surface area contributed by atoms with Crippen molar-refractivity contribution in [3.63, 3.8) is 0 Å². The predicted octanol–water partition coefficient (Wildman–Crippen LogP) is 1.15. The smallest absolute Gasteiger partial charge is 0.244 e. The Kier molecular flexibility index (Phi) is 7.14. The summed E-state index contributed by atoms with van der Waals surface area (Å²) in [6, 6.07) is -0.523. The highest BCUT2D eigenvalue weighted by molar-refractivity contribution is 8.02. The Morgan fingerprint density at radius 1 is 1.24 bits per heavy atom. The third kappa shape index (κ3) is 3.67. The number of likely N-dealkylation sites (tertiary alicyclic amines) is 1. The van der Waals surface area contributed by atoms with Gasteiger partial charge in [0.2, 0.25) is 17.7 Å². The predicted molar refractivity (Wildman–Crippen MR) is 113 cm³/mol. The van der Waals surface area contributed by atoms with Crippen LogP contribution in [0.1, 0.15) is 52.4 Å². The quantitative estimate of drug-likeness (QED) is 0.456. The van der Waals surface area contributed by atoms with Crippen molar-refractivity contribution < 1.29 is 19.5 Å². The van der Waals surface area contributed by atoms with Crippen molar-refractivity contribution in [2.75, 3.05) is 26.7 Å². The molecule has 3 aliphatic heterocycles. The van der Waals surface area contributed by atoms with Gasteiger partial charge < -0.3 is 20.6 Å². The van der Waals surface area contributed by atoms with Crippen LogP contribution in [0.2, 0.25) is 0 Å². The molecular weight excluding hydrogens is 390 g/mol. The number of carbonyl (C=O) groups is 3. The summed E-state index contributed by atoms with van der Waals surface area (Å²) in [5, 5.41) is 15.0. The van der Waals surface area contributed by atoms with Crippen LogP contribution in [0.3, 0.4) is 0 Å². The number of amides is 3. The molecule has 3 aliphatic rings. The summed E-state index contributed by atoms with van der Waals surface area (Å²) in [6.45, 7) is 5.46. The van der Waals surface area contributed by atoms with E-state index in [9.17, 15) is 14.4 Å². The average Bonchev–Trinajstić information content (AvgIpc) is 3.29. The molecule has 0 radical (unpaired) electrons. The number of unbranched alkanes of at least 4 members (excludes halogenated alkanes) is 3. The number of nitrogens with one attached hydrogen (secondary N) is 2. The van der Waals surface area contributed by atoms with Gasteiger partial charge >= 0.3 is 0 Å². The second-order valence-electron chi connectivity index (χ2n) is 8.63. The number of fused-ring (bicyclic) bond motifs is 1. The molecule has 7 nitrogen and oxygen atoms in total. The van der Waals surface area contributed by atoms with Crippen LogP contribution in [0.5, 0.6) is 0 Å². The molecule has 3 saturated heterocycles. The number of thioether (sulfide) groups is 1. The van der Waals surface area contributed by atoms with Crippen LogP contribution in [0.25, 0.3) is 0 Å².